The van der Waals surface area contributed by atoms with Crippen LogP contribution in [0.5, 0.6) is 0 Å². The minimum absolute atomic E-state index is 0.00548. The highest BCUT2D eigenvalue weighted by atomic mass is 31.1. The molecule has 160 valence electrons. The molecule has 1 rings (SSSR count). The fourth-order valence-corrected chi connectivity index (χ4v) is 2.50. The maximum atomic E-state index is 10.6. The zero-order valence-corrected chi connectivity index (χ0v) is 18.2. The standard InChI is InChI=1S/C19H31N6O3P/c1-5-19(4,6-2)14(3)24-18(25-17(21)23-13-28-29(26)27)22-12-16-9-7-15(11-20)8-10-16/h7-10H,3,5-6,11-13,20H2,1-2,4H3,(H4-,21,22,23,24,25,26,27)/p+1. The van der Waals surface area contributed by atoms with Crippen LogP contribution < -0.4 is 22.1 Å². The highest BCUT2D eigenvalue weighted by Crippen LogP contribution is 2.31. The van der Waals surface area contributed by atoms with E-state index < -0.39 is 8.25 Å². The van der Waals surface area contributed by atoms with Crippen molar-refractivity contribution in [3.63, 3.8) is 0 Å². The zero-order valence-electron chi connectivity index (χ0n) is 17.3. The summed E-state index contributed by atoms with van der Waals surface area (Å²) in [5, 5.41) is 6.06. The van der Waals surface area contributed by atoms with E-state index in [-0.39, 0.29) is 18.1 Å². The number of benzene rings is 1. The molecule has 0 aliphatic carbocycles. The number of nitrogens with one attached hydrogen (secondary N) is 2. The number of hydrogen-bond acceptors (Lipinski definition) is 5. The third-order valence-electron chi connectivity index (χ3n) is 4.89. The van der Waals surface area contributed by atoms with Gasteiger partial charge in [0.25, 0.3) is 0 Å². The summed E-state index contributed by atoms with van der Waals surface area (Å²) in [5.74, 6) is 0.370. The van der Waals surface area contributed by atoms with E-state index in [1.165, 1.54) is 0 Å². The second kappa shape index (κ2) is 12.3. The Morgan fingerprint density at radius 1 is 1.21 bits per heavy atom. The molecule has 0 aliphatic heterocycles. The number of hydrogen-bond donors (Lipinski definition) is 5. The minimum Gasteiger partial charge on any atom is -0.370 e. The Hall–Kier alpha value is -2.32. The van der Waals surface area contributed by atoms with Gasteiger partial charge >= 0.3 is 8.25 Å². The summed E-state index contributed by atoms with van der Waals surface area (Å²) in [5.41, 5.74) is 14.2. The highest BCUT2D eigenvalue weighted by molar-refractivity contribution is 7.32. The number of guanidine groups is 2. The first kappa shape index (κ1) is 24.7. The zero-order chi connectivity index (χ0) is 21.9. The van der Waals surface area contributed by atoms with Gasteiger partial charge in [-0.05, 0) is 24.0 Å². The monoisotopic (exact) mass is 423 g/mol. The molecule has 7 N–H and O–H groups in total. The Balaban J connectivity index is 2.96. The first-order chi connectivity index (χ1) is 13.7. The molecule has 0 saturated carbocycles. The number of nitrogens with two attached hydrogens (primary N) is 2. The third kappa shape index (κ3) is 8.70. The Labute approximate surface area is 173 Å². The summed E-state index contributed by atoms with van der Waals surface area (Å²) in [4.78, 5) is 17.1. The van der Waals surface area contributed by atoms with Gasteiger partial charge in [-0.3, -0.25) is 5.32 Å². The van der Waals surface area contributed by atoms with Crippen LogP contribution in [0.3, 0.4) is 0 Å². The lowest BCUT2D eigenvalue weighted by atomic mass is 9.82. The lowest BCUT2D eigenvalue weighted by Gasteiger charge is -2.30. The Morgan fingerprint density at radius 3 is 2.31 bits per heavy atom. The number of aliphatic imine (C=N–C) groups is 2. The second-order valence-corrected chi connectivity index (χ2v) is 7.46. The van der Waals surface area contributed by atoms with Crippen LogP contribution in [-0.4, -0.2) is 23.5 Å². The van der Waals surface area contributed by atoms with Gasteiger partial charge in [0.2, 0.25) is 5.96 Å². The van der Waals surface area contributed by atoms with Crippen LogP contribution in [0.25, 0.3) is 0 Å². The fraction of sp³-hybridized carbons (Fsp3) is 0.474. The van der Waals surface area contributed by atoms with Crippen molar-refractivity contribution in [2.45, 2.75) is 46.7 Å². The molecule has 1 atom stereocenters. The van der Waals surface area contributed by atoms with Crippen molar-refractivity contribution in [3.05, 3.63) is 47.7 Å². The first-order valence-corrected chi connectivity index (χ1v) is 10.5. The summed E-state index contributed by atoms with van der Waals surface area (Å²) in [6.07, 6.45) is 1.81. The third-order valence-corrected chi connectivity index (χ3v) is 5.22. The molecule has 9 nitrogen and oxygen atoms in total. The average molecular weight is 423 g/mol. The molecule has 0 amide bonds. The summed E-state index contributed by atoms with van der Waals surface area (Å²) in [7, 11) is -2.74. The maximum Gasteiger partial charge on any atom is 0.696 e. The molecular weight excluding hydrogens is 391 g/mol. The van der Waals surface area contributed by atoms with Crippen LogP contribution >= 0.6 is 8.25 Å². The molecule has 10 heteroatoms. The van der Waals surface area contributed by atoms with Crippen molar-refractivity contribution >= 4 is 20.2 Å². The normalized spacial score (nSPS) is 13.2. The molecule has 0 fully saturated rings. The van der Waals surface area contributed by atoms with E-state index in [2.05, 4.69) is 52.5 Å². The molecule has 0 aromatic heterocycles. The van der Waals surface area contributed by atoms with Crippen molar-refractivity contribution in [1.29, 1.82) is 0 Å². The van der Waals surface area contributed by atoms with E-state index in [1.807, 2.05) is 24.3 Å². The summed E-state index contributed by atoms with van der Waals surface area (Å²) >= 11 is 0. The molecule has 0 radical (unpaired) electrons. The van der Waals surface area contributed by atoms with Gasteiger partial charge in [0, 0.05) is 22.2 Å². The van der Waals surface area contributed by atoms with E-state index >= 15 is 0 Å². The van der Waals surface area contributed by atoms with Crippen LogP contribution in [0.2, 0.25) is 0 Å². The van der Waals surface area contributed by atoms with Crippen LogP contribution in [0, 0.1) is 5.41 Å². The van der Waals surface area contributed by atoms with Gasteiger partial charge in [-0.1, -0.05) is 56.1 Å². The van der Waals surface area contributed by atoms with Crippen molar-refractivity contribution < 1.29 is 14.0 Å². The number of rotatable bonds is 10. The predicted octanol–water partition coefficient (Wildman–Crippen LogP) is 2.46. The molecule has 29 heavy (non-hydrogen) atoms. The fourth-order valence-electron chi connectivity index (χ4n) is 2.34. The SMILES string of the molecule is C=C(NC(=NCc1ccc(CN)cc1)NC(N)=NCO[P+](=O)O)C(C)(CC)CC. The van der Waals surface area contributed by atoms with Crippen molar-refractivity contribution in [2.75, 3.05) is 6.73 Å². The van der Waals surface area contributed by atoms with Crippen molar-refractivity contribution in [1.82, 2.24) is 10.6 Å². The Morgan fingerprint density at radius 2 is 1.79 bits per heavy atom. The molecule has 0 spiro atoms. The van der Waals surface area contributed by atoms with Crippen molar-refractivity contribution in [2.24, 2.45) is 26.9 Å². The Kier molecular flexibility index (Phi) is 10.5. The average Bonchev–Trinajstić information content (AvgIpc) is 2.71. The van der Waals surface area contributed by atoms with Gasteiger partial charge in [-0.2, -0.15) is 0 Å². The smallest absolute Gasteiger partial charge is 0.370 e. The van der Waals surface area contributed by atoms with Crippen LogP contribution in [0.4, 0.5) is 0 Å². The summed E-state index contributed by atoms with van der Waals surface area (Å²) in [6.45, 7) is 11.0. The van der Waals surface area contributed by atoms with Crippen LogP contribution in [-0.2, 0) is 22.2 Å². The molecule has 1 aromatic carbocycles. The molecule has 1 aromatic rings. The van der Waals surface area contributed by atoms with E-state index in [1.54, 1.807) is 0 Å². The maximum absolute atomic E-state index is 10.6. The van der Waals surface area contributed by atoms with E-state index in [4.69, 9.17) is 16.4 Å². The number of allylic oxidation sites excluding steroid dienone is 1. The van der Waals surface area contributed by atoms with Gasteiger partial charge in [-0.15, -0.1) is 4.89 Å². The van der Waals surface area contributed by atoms with E-state index in [0.717, 1.165) is 29.7 Å². The van der Waals surface area contributed by atoms with Crippen LogP contribution in [0.15, 0.2) is 46.5 Å². The van der Waals surface area contributed by atoms with Gasteiger partial charge in [-0.25, -0.2) is 9.98 Å². The molecule has 1 unspecified atom stereocenters. The second-order valence-electron chi connectivity index (χ2n) is 6.72. The minimum atomic E-state index is -2.74. The molecule has 0 bridgehead atoms. The van der Waals surface area contributed by atoms with E-state index in [0.29, 0.717) is 19.0 Å². The largest absolute Gasteiger partial charge is 0.696 e. The number of nitrogens with zero attached hydrogens (tertiary/aromatic N) is 2. The lowest BCUT2D eigenvalue weighted by molar-refractivity contribution is 0.291. The van der Waals surface area contributed by atoms with Crippen molar-refractivity contribution in [3.8, 4) is 0 Å². The topological polar surface area (TPSA) is 147 Å². The lowest BCUT2D eigenvalue weighted by Crippen LogP contribution is -2.46. The molecule has 0 saturated heterocycles. The summed E-state index contributed by atoms with van der Waals surface area (Å²) in [6, 6.07) is 7.84. The first-order valence-electron chi connectivity index (χ1n) is 9.38. The van der Waals surface area contributed by atoms with Gasteiger partial charge in [0.05, 0.1) is 6.54 Å². The summed E-state index contributed by atoms with van der Waals surface area (Å²) < 4.78 is 15.1. The van der Waals surface area contributed by atoms with Gasteiger partial charge in [0.1, 0.15) is 0 Å². The van der Waals surface area contributed by atoms with Gasteiger partial charge in [0.15, 0.2) is 12.7 Å². The van der Waals surface area contributed by atoms with Gasteiger partial charge < -0.3 is 16.8 Å². The highest BCUT2D eigenvalue weighted by Gasteiger charge is 2.24. The van der Waals surface area contributed by atoms with E-state index in [9.17, 15) is 4.57 Å². The predicted molar refractivity (Wildman–Crippen MR) is 117 cm³/mol. The molecule has 0 heterocycles. The molecule has 0 aliphatic rings. The molecular formula is C19H32N6O3P+. The van der Waals surface area contributed by atoms with Crippen LogP contribution in [0.1, 0.15) is 44.7 Å². The quantitative estimate of drug-likeness (QED) is 0.221. The Bertz CT molecular complexity index is 745.